The third-order valence-electron chi connectivity index (χ3n) is 4.84. The van der Waals surface area contributed by atoms with Gasteiger partial charge in [0.05, 0.1) is 5.69 Å². The van der Waals surface area contributed by atoms with E-state index in [1.807, 2.05) is 6.07 Å². The lowest BCUT2D eigenvalue weighted by molar-refractivity contribution is 0.102. The summed E-state index contributed by atoms with van der Waals surface area (Å²) in [7, 11) is 0. The maximum absolute atomic E-state index is 12.4. The third kappa shape index (κ3) is 3.90. The predicted octanol–water partition coefficient (Wildman–Crippen LogP) is 3.54. The van der Waals surface area contributed by atoms with Crippen molar-refractivity contribution < 1.29 is 4.79 Å². The van der Waals surface area contributed by atoms with Crippen LogP contribution in [0.4, 0.5) is 17.5 Å². The predicted molar refractivity (Wildman–Crippen MR) is 98.7 cm³/mol. The minimum Gasteiger partial charge on any atom is -0.399 e. The molecule has 25 heavy (non-hydrogen) atoms. The van der Waals surface area contributed by atoms with Crippen molar-refractivity contribution in [2.24, 2.45) is 0 Å². The maximum atomic E-state index is 12.4. The summed E-state index contributed by atoms with van der Waals surface area (Å²) in [5.74, 6) is 1.50. The molecule has 2 fully saturated rings. The molecule has 130 valence electrons. The van der Waals surface area contributed by atoms with E-state index in [4.69, 9.17) is 5.73 Å². The number of nitrogens with zero attached hydrogens (tertiary/aromatic N) is 2. The summed E-state index contributed by atoms with van der Waals surface area (Å²) in [6, 6.07) is 9.20. The van der Waals surface area contributed by atoms with Gasteiger partial charge in [0.15, 0.2) is 0 Å². The van der Waals surface area contributed by atoms with Crippen LogP contribution in [0.1, 0.15) is 60.5 Å². The van der Waals surface area contributed by atoms with Gasteiger partial charge in [0, 0.05) is 29.3 Å². The fourth-order valence-electron chi connectivity index (χ4n) is 3.26. The lowest BCUT2D eigenvalue weighted by Gasteiger charge is -2.14. The minimum atomic E-state index is -0.188. The van der Waals surface area contributed by atoms with Gasteiger partial charge in [-0.3, -0.25) is 4.79 Å². The van der Waals surface area contributed by atoms with Crippen molar-refractivity contribution in [2.75, 3.05) is 16.4 Å². The number of amides is 1. The van der Waals surface area contributed by atoms with Gasteiger partial charge in [0.2, 0.25) is 5.95 Å². The van der Waals surface area contributed by atoms with E-state index in [9.17, 15) is 4.79 Å². The van der Waals surface area contributed by atoms with Crippen molar-refractivity contribution in [1.29, 1.82) is 0 Å². The number of hydrogen-bond donors (Lipinski definition) is 3. The highest BCUT2D eigenvalue weighted by Gasteiger charge is 2.27. The molecule has 0 bridgehead atoms. The lowest BCUT2D eigenvalue weighted by atomic mass is 10.2. The summed E-state index contributed by atoms with van der Waals surface area (Å²) in [5.41, 5.74) is 7.89. The molecule has 4 N–H and O–H groups in total. The van der Waals surface area contributed by atoms with Crippen molar-refractivity contribution in [3.05, 3.63) is 41.6 Å². The van der Waals surface area contributed by atoms with Crippen LogP contribution in [0.15, 0.2) is 30.3 Å². The van der Waals surface area contributed by atoms with E-state index in [1.165, 1.54) is 12.8 Å². The van der Waals surface area contributed by atoms with Crippen LogP contribution in [0, 0.1) is 0 Å². The second-order valence-electron chi connectivity index (χ2n) is 6.98. The highest BCUT2D eigenvalue weighted by Crippen LogP contribution is 2.40. The van der Waals surface area contributed by atoms with Crippen LogP contribution in [0.25, 0.3) is 0 Å². The Bertz CT molecular complexity index is 764. The Kier molecular flexibility index (Phi) is 4.26. The number of rotatable bonds is 5. The zero-order chi connectivity index (χ0) is 17.2. The number of anilines is 3. The normalized spacial score (nSPS) is 17.4. The van der Waals surface area contributed by atoms with Crippen LogP contribution in [0.5, 0.6) is 0 Å². The van der Waals surface area contributed by atoms with Crippen LogP contribution in [-0.2, 0) is 0 Å². The Morgan fingerprint density at radius 1 is 1.04 bits per heavy atom. The fourth-order valence-corrected chi connectivity index (χ4v) is 3.26. The quantitative estimate of drug-likeness (QED) is 0.726. The van der Waals surface area contributed by atoms with Gasteiger partial charge < -0.3 is 16.4 Å². The van der Waals surface area contributed by atoms with Crippen LogP contribution >= 0.6 is 0 Å². The number of nitrogens with two attached hydrogens (primary N) is 1. The van der Waals surface area contributed by atoms with Gasteiger partial charge in [-0.15, -0.1) is 0 Å². The molecule has 0 saturated heterocycles. The lowest BCUT2D eigenvalue weighted by Crippen LogP contribution is -2.19. The van der Waals surface area contributed by atoms with Crippen molar-refractivity contribution in [1.82, 2.24) is 9.97 Å². The third-order valence-corrected chi connectivity index (χ3v) is 4.84. The fraction of sp³-hybridized carbons (Fsp3) is 0.421. The van der Waals surface area contributed by atoms with Crippen LogP contribution in [-0.4, -0.2) is 21.9 Å². The van der Waals surface area contributed by atoms with Crippen molar-refractivity contribution >= 4 is 23.4 Å². The Morgan fingerprint density at radius 2 is 1.76 bits per heavy atom. The molecule has 0 atom stereocenters. The number of benzene rings is 1. The van der Waals surface area contributed by atoms with E-state index < -0.39 is 0 Å². The Labute approximate surface area is 147 Å². The first-order valence-electron chi connectivity index (χ1n) is 9.00. The molecular weight excluding hydrogens is 314 g/mol. The molecule has 0 aliphatic heterocycles. The van der Waals surface area contributed by atoms with E-state index in [0.717, 1.165) is 31.4 Å². The van der Waals surface area contributed by atoms with Gasteiger partial charge in [-0.05, 0) is 49.9 Å². The van der Waals surface area contributed by atoms with Gasteiger partial charge in [0.25, 0.3) is 5.91 Å². The zero-order valence-corrected chi connectivity index (χ0v) is 14.2. The molecule has 0 unspecified atom stereocenters. The Balaban J connectivity index is 1.53. The molecule has 1 aromatic carbocycles. The monoisotopic (exact) mass is 337 g/mol. The van der Waals surface area contributed by atoms with Gasteiger partial charge in [0.1, 0.15) is 5.82 Å². The first-order chi connectivity index (χ1) is 12.2. The highest BCUT2D eigenvalue weighted by atomic mass is 16.1. The highest BCUT2D eigenvalue weighted by molar-refractivity contribution is 6.04. The molecule has 2 aliphatic rings. The van der Waals surface area contributed by atoms with Crippen molar-refractivity contribution in [2.45, 2.75) is 50.5 Å². The second-order valence-corrected chi connectivity index (χ2v) is 6.98. The van der Waals surface area contributed by atoms with Crippen LogP contribution in [0.3, 0.4) is 0 Å². The van der Waals surface area contributed by atoms with E-state index in [2.05, 4.69) is 20.6 Å². The SMILES string of the molecule is Nc1ccc(C(=O)Nc2cc(C3CC3)nc(NC3CCCC3)n2)cc1. The van der Waals surface area contributed by atoms with Gasteiger partial charge >= 0.3 is 0 Å². The molecule has 1 heterocycles. The average molecular weight is 337 g/mol. The molecule has 2 saturated carbocycles. The zero-order valence-electron chi connectivity index (χ0n) is 14.2. The number of carbonyl (C=O) groups is 1. The minimum absolute atomic E-state index is 0.188. The van der Waals surface area contributed by atoms with Gasteiger partial charge in [-0.25, -0.2) is 4.98 Å². The summed E-state index contributed by atoms with van der Waals surface area (Å²) >= 11 is 0. The summed E-state index contributed by atoms with van der Waals surface area (Å²) in [6.07, 6.45) is 7.13. The number of nitrogens with one attached hydrogen (secondary N) is 2. The van der Waals surface area contributed by atoms with Crippen molar-refractivity contribution in [3.63, 3.8) is 0 Å². The second kappa shape index (κ2) is 6.70. The summed E-state index contributed by atoms with van der Waals surface area (Å²) in [4.78, 5) is 21.6. The molecule has 1 amide bonds. The molecule has 1 aromatic heterocycles. The Hall–Kier alpha value is -2.63. The largest absolute Gasteiger partial charge is 0.399 e. The standard InChI is InChI=1S/C19H23N5O/c20-14-9-7-13(8-10-14)18(25)23-17-11-16(12-5-6-12)22-19(24-17)21-15-3-1-2-4-15/h7-12,15H,1-6,20H2,(H2,21,22,23,24,25). The number of nitrogen functional groups attached to an aromatic ring is 1. The summed E-state index contributed by atoms with van der Waals surface area (Å²) in [6.45, 7) is 0. The number of hydrogen-bond acceptors (Lipinski definition) is 5. The van der Waals surface area contributed by atoms with Crippen LogP contribution in [0.2, 0.25) is 0 Å². The Morgan fingerprint density at radius 3 is 2.44 bits per heavy atom. The number of carbonyl (C=O) groups excluding carboxylic acids is 1. The van der Waals surface area contributed by atoms with E-state index in [1.54, 1.807) is 24.3 Å². The number of aromatic nitrogens is 2. The van der Waals surface area contributed by atoms with Crippen molar-refractivity contribution in [3.8, 4) is 0 Å². The van der Waals surface area contributed by atoms with E-state index in [-0.39, 0.29) is 5.91 Å². The first-order valence-corrected chi connectivity index (χ1v) is 9.00. The van der Waals surface area contributed by atoms with Gasteiger partial charge in [-0.1, -0.05) is 12.8 Å². The molecular formula is C19H23N5O. The van der Waals surface area contributed by atoms with E-state index >= 15 is 0 Å². The molecule has 4 rings (SSSR count). The molecule has 0 spiro atoms. The molecule has 0 radical (unpaired) electrons. The van der Waals surface area contributed by atoms with Gasteiger partial charge in [-0.2, -0.15) is 4.98 Å². The first kappa shape index (κ1) is 15.9. The summed E-state index contributed by atoms with van der Waals surface area (Å²) < 4.78 is 0. The maximum Gasteiger partial charge on any atom is 0.256 e. The average Bonchev–Trinajstić information content (AvgIpc) is 3.33. The van der Waals surface area contributed by atoms with Crippen LogP contribution < -0.4 is 16.4 Å². The molecule has 2 aromatic rings. The van der Waals surface area contributed by atoms with E-state index in [0.29, 0.717) is 35.0 Å². The summed E-state index contributed by atoms with van der Waals surface area (Å²) in [5, 5.41) is 6.33. The smallest absolute Gasteiger partial charge is 0.256 e. The molecule has 2 aliphatic carbocycles. The molecule has 6 heteroatoms. The topological polar surface area (TPSA) is 92.9 Å². The molecule has 6 nitrogen and oxygen atoms in total.